The second kappa shape index (κ2) is 8.74. The summed E-state index contributed by atoms with van der Waals surface area (Å²) in [7, 11) is 0. The fourth-order valence-electron chi connectivity index (χ4n) is 4.35. The summed E-state index contributed by atoms with van der Waals surface area (Å²) in [6, 6.07) is 7.63. The zero-order chi connectivity index (χ0) is 17.7. The molecule has 0 aromatic heterocycles. The van der Waals surface area contributed by atoms with Crippen LogP contribution in [0.15, 0.2) is 24.3 Å². The lowest BCUT2D eigenvalue weighted by molar-refractivity contribution is -0.133. The first-order chi connectivity index (χ1) is 12.1. The first-order valence-electron chi connectivity index (χ1n) is 9.78. The minimum absolute atomic E-state index is 0.0358. The third-order valence-corrected chi connectivity index (χ3v) is 7.17. The van der Waals surface area contributed by atoms with Crippen molar-refractivity contribution in [1.82, 2.24) is 0 Å². The maximum atomic E-state index is 11.9. The molecule has 0 N–H and O–H groups in total. The van der Waals surface area contributed by atoms with Gasteiger partial charge in [0.2, 0.25) is 0 Å². The standard InChI is InChI=1S/C21H29IO3/c1-2-19(22)20(23)24-17-10-12-18(13-11-17)25-21(14-6-7-15-21)16-8-4-3-5-9-16/h10-13,16,19H,2-9,14-15H2,1H3. The molecule has 138 valence electrons. The van der Waals surface area contributed by atoms with Gasteiger partial charge in [-0.2, -0.15) is 0 Å². The maximum Gasteiger partial charge on any atom is 0.324 e. The molecule has 1 unspecified atom stereocenters. The van der Waals surface area contributed by atoms with E-state index in [0.717, 1.165) is 12.2 Å². The van der Waals surface area contributed by atoms with Crippen molar-refractivity contribution in [2.75, 3.05) is 0 Å². The van der Waals surface area contributed by atoms with Gasteiger partial charge in [-0.25, -0.2) is 0 Å². The van der Waals surface area contributed by atoms with Crippen molar-refractivity contribution < 1.29 is 14.3 Å². The Kier molecular flexibility index (Phi) is 6.64. The number of carbonyl (C=O) groups is 1. The van der Waals surface area contributed by atoms with E-state index in [2.05, 4.69) is 22.6 Å². The van der Waals surface area contributed by atoms with Gasteiger partial charge in [0.1, 0.15) is 21.0 Å². The summed E-state index contributed by atoms with van der Waals surface area (Å²) in [5.41, 5.74) is 0.0358. The van der Waals surface area contributed by atoms with Gasteiger partial charge < -0.3 is 9.47 Å². The molecule has 3 nitrogen and oxygen atoms in total. The van der Waals surface area contributed by atoms with Gasteiger partial charge >= 0.3 is 5.97 Å². The quantitative estimate of drug-likeness (QED) is 0.225. The highest BCUT2D eigenvalue weighted by molar-refractivity contribution is 14.1. The Bertz CT molecular complexity index is 557. The van der Waals surface area contributed by atoms with Crippen LogP contribution in [0, 0.1) is 5.92 Å². The molecular formula is C21H29IO3. The minimum Gasteiger partial charge on any atom is -0.487 e. The Hall–Kier alpha value is -0.780. The van der Waals surface area contributed by atoms with Crippen LogP contribution in [0.4, 0.5) is 0 Å². The number of alkyl halides is 1. The molecule has 25 heavy (non-hydrogen) atoms. The van der Waals surface area contributed by atoms with E-state index in [1.165, 1.54) is 57.8 Å². The van der Waals surface area contributed by atoms with Crippen molar-refractivity contribution in [3.63, 3.8) is 0 Å². The van der Waals surface area contributed by atoms with Crippen LogP contribution in [0.2, 0.25) is 0 Å². The molecule has 2 saturated carbocycles. The van der Waals surface area contributed by atoms with E-state index in [1.807, 2.05) is 31.2 Å². The molecule has 0 amide bonds. The zero-order valence-corrected chi connectivity index (χ0v) is 17.3. The summed E-state index contributed by atoms with van der Waals surface area (Å²) in [5.74, 6) is 2.04. The fourth-order valence-corrected chi connectivity index (χ4v) is 4.48. The van der Waals surface area contributed by atoms with Crippen LogP contribution in [0.25, 0.3) is 0 Å². The molecule has 0 aliphatic heterocycles. The summed E-state index contributed by atoms with van der Waals surface area (Å²) in [6.07, 6.45) is 12.4. The van der Waals surface area contributed by atoms with E-state index < -0.39 is 0 Å². The maximum absolute atomic E-state index is 11.9. The largest absolute Gasteiger partial charge is 0.487 e. The molecule has 3 rings (SSSR count). The van der Waals surface area contributed by atoms with E-state index >= 15 is 0 Å². The molecule has 0 spiro atoms. The molecule has 1 aromatic carbocycles. The molecule has 4 heteroatoms. The van der Waals surface area contributed by atoms with E-state index in [4.69, 9.17) is 9.47 Å². The lowest BCUT2D eigenvalue weighted by Crippen LogP contribution is -2.42. The molecule has 0 saturated heterocycles. The van der Waals surface area contributed by atoms with Crippen LogP contribution in [0.1, 0.15) is 71.1 Å². The highest BCUT2D eigenvalue weighted by Crippen LogP contribution is 2.45. The Morgan fingerprint density at radius 1 is 1.08 bits per heavy atom. The Morgan fingerprint density at radius 3 is 2.28 bits per heavy atom. The number of ether oxygens (including phenoxy) is 2. The molecule has 0 heterocycles. The average molecular weight is 456 g/mol. The second-order valence-corrected chi connectivity index (χ2v) is 8.98. The van der Waals surface area contributed by atoms with Gasteiger partial charge in [0.05, 0.1) is 0 Å². The number of benzene rings is 1. The number of esters is 1. The summed E-state index contributed by atoms with van der Waals surface area (Å²) in [6.45, 7) is 1.99. The Labute approximate surface area is 165 Å². The van der Waals surface area contributed by atoms with Gasteiger partial charge in [-0.15, -0.1) is 0 Å². The van der Waals surface area contributed by atoms with Gasteiger partial charge in [0.25, 0.3) is 0 Å². The lowest BCUT2D eigenvalue weighted by Gasteiger charge is -2.40. The van der Waals surface area contributed by atoms with Crippen LogP contribution in [0.3, 0.4) is 0 Å². The normalized spacial score (nSPS) is 21.7. The van der Waals surface area contributed by atoms with Gasteiger partial charge in [0, 0.05) is 0 Å². The number of halogens is 1. The van der Waals surface area contributed by atoms with Crippen molar-refractivity contribution in [3.05, 3.63) is 24.3 Å². The molecule has 1 atom stereocenters. The predicted molar refractivity (Wildman–Crippen MR) is 109 cm³/mol. The second-order valence-electron chi connectivity index (χ2n) is 7.48. The molecule has 2 aliphatic carbocycles. The molecule has 1 aromatic rings. The lowest BCUT2D eigenvalue weighted by atomic mass is 9.75. The number of hydrogen-bond donors (Lipinski definition) is 0. The van der Waals surface area contributed by atoms with Crippen LogP contribution >= 0.6 is 22.6 Å². The SMILES string of the molecule is CCC(I)C(=O)Oc1ccc(OC2(C3CCCCC3)CCCC2)cc1. The third-order valence-electron chi connectivity index (χ3n) is 5.78. The van der Waals surface area contributed by atoms with E-state index in [-0.39, 0.29) is 15.5 Å². The number of rotatable bonds is 6. The third kappa shape index (κ3) is 4.69. The molecule has 0 bridgehead atoms. The molecule has 2 aliphatic rings. The first kappa shape index (κ1) is 19.0. The number of hydrogen-bond acceptors (Lipinski definition) is 3. The fraction of sp³-hybridized carbons (Fsp3) is 0.667. The van der Waals surface area contributed by atoms with E-state index in [1.54, 1.807) is 0 Å². The van der Waals surface area contributed by atoms with Crippen molar-refractivity contribution in [1.29, 1.82) is 0 Å². The Morgan fingerprint density at radius 2 is 1.68 bits per heavy atom. The van der Waals surface area contributed by atoms with Crippen LogP contribution in [-0.2, 0) is 4.79 Å². The van der Waals surface area contributed by atoms with Crippen molar-refractivity contribution in [3.8, 4) is 11.5 Å². The first-order valence-corrected chi connectivity index (χ1v) is 11.0. The Balaban J connectivity index is 1.66. The van der Waals surface area contributed by atoms with Crippen molar-refractivity contribution in [2.45, 2.75) is 80.7 Å². The summed E-state index contributed by atoms with van der Waals surface area (Å²) in [4.78, 5) is 11.9. The molecule has 2 fully saturated rings. The zero-order valence-electron chi connectivity index (χ0n) is 15.1. The van der Waals surface area contributed by atoms with Crippen LogP contribution in [-0.4, -0.2) is 15.5 Å². The van der Waals surface area contributed by atoms with Crippen LogP contribution < -0.4 is 9.47 Å². The van der Waals surface area contributed by atoms with Gasteiger partial charge in [-0.1, -0.05) is 48.8 Å². The highest BCUT2D eigenvalue weighted by Gasteiger charge is 2.43. The van der Waals surface area contributed by atoms with Gasteiger partial charge in [0.15, 0.2) is 0 Å². The van der Waals surface area contributed by atoms with Crippen LogP contribution in [0.5, 0.6) is 11.5 Å². The topological polar surface area (TPSA) is 35.5 Å². The molecule has 0 radical (unpaired) electrons. The minimum atomic E-state index is -0.175. The smallest absolute Gasteiger partial charge is 0.324 e. The number of carbonyl (C=O) groups excluding carboxylic acids is 1. The monoisotopic (exact) mass is 456 g/mol. The van der Waals surface area contributed by atoms with E-state index in [9.17, 15) is 4.79 Å². The predicted octanol–water partition coefficient (Wildman–Crippen LogP) is 6.08. The summed E-state index contributed by atoms with van der Waals surface area (Å²) >= 11 is 2.13. The van der Waals surface area contributed by atoms with Crippen molar-refractivity contribution in [2.24, 2.45) is 5.92 Å². The summed E-state index contributed by atoms with van der Waals surface area (Å²) in [5, 5.41) is 0. The highest BCUT2D eigenvalue weighted by atomic mass is 127. The van der Waals surface area contributed by atoms with Gasteiger partial charge in [-0.3, -0.25) is 4.79 Å². The van der Waals surface area contributed by atoms with E-state index in [0.29, 0.717) is 11.7 Å². The molecular weight excluding hydrogens is 427 g/mol. The summed E-state index contributed by atoms with van der Waals surface area (Å²) < 4.78 is 11.9. The average Bonchev–Trinajstić information content (AvgIpc) is 3.13. The van der Waals surface area contributed by atoms with Crippen molar-refractivity contribution >= 4 is 28.6 Å². The van der Waals surface area contributed by atoms with Gasteiger partial charge in [-0.05, 0) is 75.1 Å².